The number of benzene rings is 1. The molecule has 0 unspecified atom stereocenters. The van der Waals surface area contributed by atoms with Gasteiger partial charge in [0.25, 0.3) is 0 Å². The molecule has 0 spiro atoms. The highest BCUT2D eigenvalue weighted by Gasteiger charge is 2.33. The van der Waals surface area contributed by atoms with Crippen LogP contribution in [-0.2, 0) is 11.0 Å². The standard InChI is InChI=1S/C13H9ClF3IN4O2/c14-7-3-6(18)1-2-8(7)20-10-4-9(13(15,16)17)21-12(22-10)19-5-11(23)24/h1-4H,5H2,(H,23,24)(H2,19,20,21,22). The second-order valence-corrected chi connectivity index (χ2v) is 6.11. The zero-order chi connectivity index (χ0) is 17.9. The van der Waals surface area contributed by atoms with Gasteiger partial charge < -0.3 is 15.7 Å². The molecular weight excluding hydrogens is 464 g/mol. The summed E-state index contributed by atoms with van der Waals surface area (Å²) in [5, 5.41) is 13.8. The van der Waals surface area contributed by atoms with Crippen LogP contribution in [0.15, 0.2) is 24.3 Å². The monoisotopic (exact) mass is 472 g/mol. The Kier molecular flexibility index (Phi) is 5.70. The summed E-state index contributed by atoms with van der Waals surface area (Å²) in [4.78, 5) is 17.6. The Morgan fingerprint density at radius 1 is 1.29 bits per heavy atom. The van der Waals surface area contributed by atoms with Crippen LogP contribution in [0.25, 0.3) is 0 Å². The summed E-state index contributed by atoms with van der Waals surface area (Å²) in [5.74, 6) is -1.89. The van der Waals surface area contributed by atoms with Gasteiger partial charge in [-0.3, -0.25) is 4.79 Å². The average Bonchev–Trinajstić information content (AvgIpc) is 2.47. The lowest BCUT2D eigenvalue weighted by Gasteiger charge is -2.13. The summed E-state index contributed by atoms with van der Waals surface area (Å²) >= 11 is 8.06. The molecule has 0 saturated carbocycles. The second kappa shape index (κ2) is 7.38. The zero-order valence-corrected chi connectivity index (χ0v) is 14.6. The third-order valence-corrected chi connectivity index (χ3v) is 3.59. The minimum Gasteiger partial charge on any atom is -0.480 e. The summed E-state index contributed by atoms with van der Waals surface area (Å²) in [6, 6.07) is 5.63. The first-order valence-corrected chi connectivity index (χ1v) is 7.75. The van der Waals surface area contributed by atoms with Crippen molar-refractivity contribution in [1.82, 2.24) is 9.97 Å². The van der Waals surface area contributed by atoms with Gasteiger partial charge in [-0.2, -0.15) is 18.2 Å². The number of halogens is 5. The minimum atomic E-state index is -4.71. The maximum absolute atomic E-state index is 12.9. The predicted molar refractivity (Wildman–Crippen MR) is 90.6 cm³/mol. The van der Waals surface area contributed by atoms with Gasteiger partial charge in [0.05, 0.1) is 10.7 Å². The maximum atomic E-state index is 12.9. The first-order valence-electron chi connectivity index (χ1n) is 6.29. The molecule has 6 nitrogen and oxygen atoms in total. The number of alkyl halides is 3. The fraction of sp³-hybridized carbons (Fsp3) is 0.154. The number of hydrogen-bond donors (Lipinski definition) is 3. The van der Waals surface area contributed by atoms with Crippen molar-refractivity contribution < 1.29 is 23.1 Å². The van der Waals surface area contributed by atoms with Gasteiger partial charge in [0.1, 0.15) is 12.4 Å². The molecule has 0 radical (unpaired) electrons. The van der Waals surface area contributed by atoms with Crippen molar-refractivity contribution in [1.29, 1.82) is 0 Å². The summed E-state index contributed by atoms with van der Waals surface area (Å²) in [7, 11) is 0. The molecule has 0 saturated heterocycles. The first kappa shape index (κ1) is 18.5. The Morgan fingerprint density at radius 2 is 2.00 bits per heavy atom. The first-order chi connectivity index (χ1) is 11.1. The number of rotatable bonds is 5. The minimum absolute atomic E-state index is 0.173. The Bertz CT molecular complexity index is 773. The van der Waals surface area contributed by atoms with Crippen LogP contribution in [-0.4, -0.2) is 27.6 Å². The van der Waals surface area contributed by atoms with Crippen LogP contribution < -0.4 is 10.6 Å². The number of nitrogens with one attached hydrogen (secondary N) is 2. The van der Waals surface area contributed by atoms with Crippen LogP contribution in [0, 0.1) is 3.57 Å². The highest BCUT2D eigenvalue weighted by Crippen LogP contribution is 2.32. The molecule has 0 bridgehead atoms. The number of hydrogen-bond acceptors (Lipinski definition) is 5. The lowest BCUT2D eigenvalue weighted by Crippen LogP contribution is -2.17. The number of nitrogens with zero attached hydrogens (tertiary/aromatic N) is 2. The highest BCUT2D eigenvalue weighted by molar-refractivity contribution is 14.1. The van der Waals surface area contributed by atoms with E-state index in [4.69, 9.17) is 16.7 Å². The normalized spacial score (nSPS) is 11.2. The lowest BCUT2D eigenvalue weighted by molar-refractivity contribution is -0.141. The van der Waals surface area contributed by atoms with E-state index in [1.807, 2.05) is 22.6 Å². The second-order valence-electron chi connectivity index (χ2n) is 4.46. The van der Waals surface area contributed by atoms with Gasteiger partial charge >= 0.3 is 12.1 Å². The smallest absolute Gasteiger partial charge is 0.433 e. The van der Waals surface area contributed by atoms with E-state index in [9.17, 15) is 18.0 Å². The fourth-order valence-electron chi connectivity index (χ4n) is 1.62. The molecule has 0 aliphatic rings. The number of carboxylic acids is 1. The molecule has 2 aromatic rings. The van der Waals surface area contributed by atoms with Crippen LogP contribution in [0.5, 0.6) is 0 Å². The molecule has 0 aliphatic heterocycles. The van der Waals surface area contributed by atoms with Crippen molar-refractivity contribution in [2.75, 3.05) is 17.2 Å². The zero-order valence-electron chi connectivity index (χ0n) is 11.7. The Balaban J connectivity index is 2.36. The SMILES string of the molecule is O=C(O)CNc1nc(Nc2ccc(I)cc2Cl)cc(C(F)(F)F)n1. The van der Waals surface area contributed by atoms with Gasteiger partial charge in [-0.05, 0) is 40.8 Å². The van der Waals surface area contributed by atoms with E-state index in [0.717, 1.165) is 3.57 Å². The summed E-state index contributed by atoms with van der Waals surface area (Å²) in [6.45, 7) is -0.620. The molecule has 0 atom stereocenters. The Morgan fingerprint density at radius 3 is 2.58 bits per heavy atom. The van der Waals surface area contributed by atoms with E-state index in [2.05, 4.69) is 20.6 Å². The molecule has 1 heterocycles. The van der Waals surface area contributed by atoms with Crippen molar-refractivity contribution in [3.63, 3.8) is 0 Å². The largest absolute Gasteiger partial charge is 0.480 e. The fourth-order valence-corrected chi connectivity index (χ4v) is 2.52. The topological polar surface area (TPSA) is 87.1 Å². The van der Waals surface area contributed by atoms with Gasteiger partial charge in [-0.1, -0.05) is 11.6 Å². The van der Waals surface area contributed by atoms with Crippen LogP contribution >= 0.6 is 34.2 Å². The van der Waals surface area contributed by atoms with Gasteiger partial charge in [0, 0.05) is 9.64 Å². The van der Waals surface area contributed by atoms with E-state index in [-0.39, 0.29) is 5.82 Å². The molecule has 1 aromatic heterocycles. The molecule has 0 fully saturated rings. The molecule has 3 N–H and O–H groups in total. The van der Waals surface area contributed by atoms with E-state index >= 15 is 0 Å². The van der Waals surface area contributed by atoms with Crippen molar-refractivity contribution in [2.24, 2.45) is 0 Å². The van der Waals surface area contributed by atoms with Crippen molar-refractivity contribution in [2.45, 2.75) is 6.18 Å². The molecule has 11 heteroatoms. The van der Waals surface area contributed by atoms with Crippen molar-refractivity contribution in [3.8, 4) is 0 Å². The number of aromatic nitrogens is 2. The van der Waals surface area contributed by atoms with E-state index in [1.54, 1.807) is 18.2 Å². The average molecular weight is 473 g/mol. The summed E-state index contributed by atoms with van der Waals surface area (Å²) < 4.78 is 39.6. The van der Waals surface area contributed by atoms with Crippen LogP contribution in [0.1, 0.15) is 5.69 Å². The Labute approximate surface area is 152 Å². The van der Waals surface area contributed by atoms with Crippen molar-refractivity contribution >= 4 is 57.6 Å². The molecule has 0 amide bonds. The van der Waals surface area contributed by atoms with Gasteiger partial charge in [-0.15, -0.1) is 0 Å². The predicted octanol–water partition coefficient (Wildman–Crippen LogP) is 3.99. The highest BCUT2D eigenvalue weighted by atomic mass is 127. The maximum Gasteiger partial charge on any atom is 0.433 e. The lowest BCUT2D eigenvalue weighted by atomic mass is 10.3. The molecule has 24 heavy (non-hydrogen) atoms. The van der Waals surface area contributed by atoms with Gasteiger partial charge in [-0.25, -0.2) is 4.98 Å². The molecule has 128 valence electrons. The van der Waals surface area contributed by atoms with E-state index in [1.165, 1.54) is 0 Å². The molecule has 0 aliphatic carbocycles. The third-order valence-electron chi connectivity index (χ3n) is 2.61. The quantitative estimate of drug-likeness (QED) is 0.571. The molecule has 1 aromatic carbocycles. The van der Waals surface area contributed by atoms with Crippen molar-refractivity contribution in [3.05, 3.63) is 38.6 Å². The Hall–Kier alpha value is -1.82. The third kappa shape index (κ3) is 5.09. The van der Waals surface area contributed by atoms with Gasteiger partial charge in [0.2, 0.25) is 5.95 Å². The van der Waals surface area contributed by atoms with E-state index in [0.29, 0.717) is 16.8 Å². The van der Waals surface area contributed by atoms with E-state index < -0.39 is 30.3 Å². The van der Waals surface area contributed by atoms with Crippen LogP contribution in [0.2, 0.25) is 5.02 Å². The van der Waals surface area contributed by atoms with Crippen LogP contribution in [0.3, 0.4) is 0 Å². The summed E-state index contributed by atoms with van der Waals surface area (Å²) in [6.07, 6.45) is -4.71. The number of carbonyl (C=O) groups is 1. The molecular formula is C13H9ClF3IN4O2. The summed E-state index contributed by atoms with van der Waals surface area (Å²) in [5.41, 5.74) is -0.859. The number of anilines is 3. The van der Waals surface area contributed by atoms with Crippen LogP contribution in [0.4, 0.5) is 30.6 Å². The van der Waals surface area contributed by atoms with Gasteiger partial charge in [0.15, 0.2) is 5.69 Å². The molecule has 2 rings (SSSR count). The number of aliphatic carboxylic acids is 1. The number of carboxylic acid groups (broad SMARTS) is 1.